The third kappa shape index (κ3) is 5.79. The number of morpholine rings is 1. The Morgan fingerprint density at radius 3 is 2.73 bits per heavy atom. The normalized spacial score (nSPS) is 24.7. The van der Waals surface area contributed by atoms with Crippen molar-refractivity contribution in [1.82, 2.24) is 15.5 Å². The zero-order valence-electron chi connectivity index (χ0n) is 14.9. The van der Waals surface area contributed by atoms with E-state index in [-0.39, 0.29) is 42.6 Å². The van der Waals surface area contributed by atoms with Crippen LogP contribution in [-0.2, 0) is 9.53 Å². The molecule has 0 aromatic heterocycles. The first-order chi connectivity index (χ1) is 11.6. The molecule has 1 amide bonds. The highest BCUT2D eigenvalue weighted by Crippen LogP contribution is 2.24. The van der Waals surface area contributed by atoms with Gasteiger partial charge in [0.2, 0.25) is 5.91 Å². The molecule has 2 aliphatic rings. The average Bonchev–Trinajstić information content (AvgIpc) is 2.58. The lowest BCUT2D eigenvalue weighted by molar-refractivity contribution is -0.129. The quantitative estimate of drug-likeness (QED) is 0.802. The number of rotatable bonds is 4. The molecule has 1 aromatic rings. The van der Waals surface area contributed by atoms with Crippen LogP contribution in [-0.4, -0.2) is 56.2 Å². The Hall–Kier alpha value is -0.920. The molecule has 0 bridgehead atoms. The van der Waals surface area contributed by atoms with E-state index in [0.717, 1.165) is 19.5 Å². The van der Waals surface area contributed by atoms with E-state index in [1.807, 2.05) is 6.07 Å². The number of nitrogens with zero attached hydrogens (tertiary/aromatic N) is 1. The zero-order chi connectivity index (χ0) is 16.9. The molecule has 2 fully saturated rings. The van der Waals surface area contributed by atoms with Crippen LogP contribution in [0.2, 0.25) is 0 Å². The SMILES string of the molecule is CC1CCNCC1NC(=O)C(c1cccc(F)c1)N1CCOCC1.Cl.Cl. The second kappa shape index (κ2) is 11.0. The van der Waals surface area contributed by atoms with Crippen LogP contribution in [0.4, 0.5) is 4.39 Å². The zero-order valence-corrected chi connectivity index (χ0v) is 16.6. The van der Waals surface area contributed by atoms with E-state index in [1.54, 1.807) is 6.07 Å². The fraction of sp³-hybridized carbons (Fsp3) is 0.611. The van der Waals surface area contributed by atoms with Crippen molar-refractivity contribution in [2.45, 2.75) is 25.4 Å². The minimum Gasteiger partial charge on any atom is -0.379 e. The molecule has 2 N–H and O–H groups in total. The monoisotopic (exact) mass is 407 g/mol. The predicted octanol–water partition coefficient (Wildman–Crippen LogP) is 2.16. The molecule has 2 saturated heterocycles. The molecular formula is C18H28Cl2FN3O2. The van der Waals surface area contributed by atoms with E-state index in [0.29, 0.717) is 37.8 Å². The minimum absolute atomic E-state index is 0. The maximum absolute atomic E-state index is 13.7. The Morgan fingerprint density at radius 2 is 2.08 bits per heavy atom. The molecule has 0 radical (unpaired) electrons. The summed E-state index contributed by atoms with van der Waals surface area (Å²) in [5.41, 5.74) is 0.700. The Kier molecular flexibility index (Phi) is 9.82. The van der Waals surface area contributed by atoms with Crippen LogP contribution in [0.5, 0.6) is 0 Å². The third-order valence-corrected chi connectivity index (χ3v) is 4.98. The Labute approximate surface area is 166 Å². The second-order valence-electron chi connectivity index (χ2n) is 6.69. The highest BCUT2D eigenvalue weighted by Gasteiger charge is 2.32. The van der Waals surface area contributed by atoms with Gasteiger partial charge in [0, 0.05) is 25.7 Å². The van der Waals surface area contributed by atoms with Crippen molar-refractivity contribution >= 4 is 30.7 Å². The van der Waals surface area contributed by atoms with E-state index in [4.69, 9.17) is 4.74 Å². The lowest BCUT2D eigenvalue weighted by Crippen LogP contribution is -2.54. The predicted molar refractivity (Wildman–Crippen MR) is 105 cm³/mol. The van der Waals surface area contributed by atoms with Gasteiger partial charge in [-0.25, -0.2) is 4.39 Å². The van der Waals surface area contributed by atoms with Crippen LogP contribution in [0.25, 0.3) is 0 Å². The van der Waals surface area contributed by atoms with Gasteiger partial charge in [0.15, 0.2) is 0 Å². The molecule has 26 heavy (non-hydrogen) atoms. The van der Waals surface area contributed by atoms with Gasteiger partial charge >= 0.3 is 0 Å². The Morgan fingerprint density at radius 1 is 1.35 bits per heavy atom. The number of piperidine rings is 1. The van der Waals surface area contributed by atoms with Gasteiger partial charge in [0.05, 0.1) is 13.2 Å². The van der Waals surface area contributed by atoms with E-state index >= 15 is 0 Å². The fourth-order valence-electron chi connectivity index (χ4n) is 3.48. The van der Waals surface area contributed by atoms with Crippen LogP contribution in [0.1, 0.15) is 24.9 Å². The molecule has 1 aromatic carbocycles. The molecule has 0 aliphatic carbocycles. The van der Waals surface area contributed by atoms with Crippen molar-refractivity contribution in [1.29, 1.82) is 0 Å². The van der Waals surface area contributed by atoms with Crippen molar-refractivity contribution in [3.8, 4) is 0 Å². The Bertz CT molecular complexity index is 573. The van der Waals surface area contributed by atoms with Gasteiger partial charge < -0.3 is 15.4 Å². The van der Waals surface area contributed by atoms with Crippen LogP contribution >= 0.6 is 24.8 Å². The van der Waals surface area contributed by atoms with Crippen molar-refractivity contribution in [2.75, 3.05) is 39.4 Å². The summed E-state index contributed by atoms with van der Waals surface area (Å²) in [6, 6.07) is 6.00. The molecule has 3 atom stereocenters. The molecule has 8 heteroatoms. The summed E-state index contributed by atoms with van der Waals surface area (Å²) in [5.74, 6) is 0.0716. The first kappa shape index (κ1) is 23.1. The number of hydrogen-bond donors (Lipinski definition) is 2. The van der Waals surface area contributed by atoms with Crippen LogP contribution < -0.4 is 10.6 Å². The van der Waals surface area contributed by atoms with Gasteiger partial charge in [-0.15, -0.1) is 24.8 Å². The molecule has 3 unspecified atom stereocenters. The maximum atomic E-state index is 13.7. The van der Waals surface area contributed by atoms with Gasteiger partial charge in [-0.1, -0.05) is 19.1 Å². The van der Waals surface area contributed by atoms with E-state index < -0.39 is 6.04 Å². The minimum atomic E-state index is -0.473. The number of halogens is 3. The van der Waals surface area contributed by atoms with Crippen LogP contribution in [0.15, 0.2) is 24.3 Å². The van der Waals surface area contributed by atoms with Crippen molar-refractivity contribution in [2.24, 2.45) is 5.92 Å². The molecule has 0 saturated carbocycles. The number of carbonyl (C=O) groups excluding carboxylic acids is 1. The van der Waals surface area contributed by atoms with E-state index in [2.05, 4.69) is 22.5 Å². The molecule has 2 aliphatic heterocycles. The number of hydrogen-bond acceptors (Lipinski definition) is 4. The smallest absolute Gasteiger partial charge is 0.242 e. The highest BCUT2D eigenvalue weighted by atomic mass is 35.5. The number of nitrogens with one attached hydrogen (secondary N) is 2. The topological polar surface area (TPSA) is 53.6 Å². The van der Waals surface area contributed by atoms with Gasteiger partial charge in [-0.2, -0.15) is 0 Å². The van der Waals surface area contributed by atoms with E-state index in [9.17, 15) is 9.18 Å². The largest absolute Gasteiger partial charge is 0.379 e. The number of carbonyl (C=O) groups is 1. The summed E-state index contributed by atoms with van der Waals surface area (Å²) < 4.78 is 19.1. The lowest BCUT2D eigenvalue weighted by atomic mass is 9.94. The van der Waals surface area contributed by atoms with Crippen molar-refractivity contribution < 1.29 is 13.9 Å². The van der Waals surface area contributed by atoms with E-state index in [1.165, 1.54) is 12.1 Å². The second-order valence-corrected chi connectivity index (χ2v) is 6.69. The van der Waals surface area contributed by atoms with Gasteiger partial charge in [0.25, 0.3) is 0 Å². The first-order valence-electron chi connectivity index (χ1n) is 8.73. The summed E-state index contributed by atoms with van der Waals surface area (Å²) in [5, 5.41) is 6.51. The van der Waals surface area contributed by atoms with Gasteiger partial charge in [-0.3, -0.25) is 9.69 Å². The van der Waals surface area contributed by atoms with Crippen LogP contribution in [0, 0.1) is 11.7 Å². The standard InChI is InChI=1S/C18H26FN3O2.2ClH/c1-13-5-6-20-12-16(13)21-18(23)17(22-7-9-24-10-8-22)14-3-2-4-15(19)11-14;;/h2-4,11,13,16-17,20H,5-10,12H2,1H3,(H,21,23);2*1H. The van der Waals surface area contributed by atoms with Gasteiger partial charge in [0.1, 0.15) is 11.9 Å². The van der Waals surface area contributed by atoms with Crippen molar-refractivity contribution in [3.63, 3.8) is 0 Å². The molecular weight excluding hydrogens is 380 g/mol. The molecule has 0 spiro atoms. The first-order valence-corrected chi connectivity index (χ1v) is 8.73. The fourth-order valence-corrected chi connectivity index (χ4v) is 3.48. The van der Waals surface area contributed by atoms with Crippen molar-refractivity contribution in [3.05, 3.63) is 35.6 Å². The van der Waals surface area contributed by atoms with Crippen LogP contribution in [0.3, 0.4) is 0 Å². The summed E-state index contributed by atoms with van der Waals surface area (Å²) in [7, 11) is 0. The lowest BCUT2D eigenvalue weighted by Gasteiger charge is -2.36. The summed E-state index contributed by atoms with van der Waals surface area (Å²) in [6.07, 6.45) is 1.05. The summed E-state index contributed by atoms with van der Waals surface area (Å²) in [6.45, 7) is 6.48. The van der Waals surface area contributed by atoms with Gasteiger partial charge in [-0.05, 0) is 36.6 Å². The average molecular weight is 408 g/mol. The maximum Gasteiger partial charge on any atom is 0.242 e. The number of amides is 1. The Balaban J connectivity index is 0.00000169. The molecule has 148 valence electrons. The number of ether oxygens (including phenoxy) is 1. The number of benzene rings is 1. The highest BCUT2D eigenvalue weighted by molar-refractivity contribution is 5.85. The summed E-state index contributed by atoms with van der Waals surface area (Å²) >= 11 is 0. The third-order valence-electron chi connectivity index (χ3n) is 4.98. The molecule has 5 nitrogen and oxygen atoms in total. The molecule has 2 heterocycles. The summed E-state index contributed by atoms with van der Waals surface area (Å²) in [4.78, 5) is 15.1. The molecule has 3 rings (SSSR count).